The van der Waals surface area contributed by atoms with Crippen molar-refractivity contribution in [2.75, 3.05) is 4.72 Å². The summed E-state index contributed by atoms with van der Waals surface area (Å²) in [5, 5.41) is 3.03. The molecule has 0 spiro atoms. The van der Waals surface area contributed by atoms with Gasteiger partial charge < -0.3 is 9.27 Å². The van der Waals surface area contributed by atoms with E-state index < -0.39 is 11.3 Å². The fourth-order valence-electron chi connectivity index (χ4n) is 1.13. The van der Waals surface area contributed by atoms with Gasteiger partial charge in [0.05, 0.1) is 0 Å². The summed E-state index contributed by atoms with van der Waals surface area (Å²) in [4.78, 5) is 0. The average molecular weight is 212 g/mol. The molecule has 1 aromatic carbocycles. The number of anilines is 1. The van der Waals surface area contributed by atoms with Crippen molar-refractivity contribution >= 4 is 38.4 Å². The zero-order valence-corrected chi connectivity index (χ0v) is 8.15. The number of hydrogen-bond donors (Lipinski definition) is 1. The first-order chi connectivity index (χ1) is 6.25. The molecule has 0 amide bonds. The van der Waals surface area contributed by atoms with Gasteiger partial charge in [-0.05, 0) is 35.0 Å². The summed E-state index contributed by atoms with van der Waals surface area (Å²) in [6, 6.07) is 7.41. The lowest BCUT2D eigenvalue weighted by molar-refractivity contribution is 0.542. The zero-order valence-electron chi connectivity index (χ0n) is 6.52. The largest absolute Gasteiger partial charge is 0.755 e. The summed E-state index contributed by atoms with van der Waals surface area (Å²) in [6.45, 7) is 0. The van der Waals surface area contributed by atoms with E-state index in [1.807, 2.05) is 23.6 Å². The first-order valence-electron chi connectivity index (χ1n) is 3.59. The van der Waals surface area contributed by atoms with Crippen molar-refractivity contribution in [2.45, 2.75) is 0 Å². The molecule has 68 valence electrons. The lowest BCUT2D eigenvalue weighted by Gasteiger charge is -2.07. The monoisotopic (exact) mass is 212 g/mol. The normalized spacial score (nSPS) is 13.0. The zero-order chi connectivity index (χ0) is 9.26. The fraction of sp³-hybridized carbons (Fsp3) is 0. The number of nitrogens with one attached hydrogen (secondary N) is 1. The van der Waals surface area contributed by atoms with Crippen LogP contribution in [0.4, 0.5) is 5.69 Å². The molecule has 1 unspecified atom stereocenters. The standard InChI is InChI=1S/C8H7NO2S2/c10-13(11)9-7-1-2-8-6(5-7)3-4-12-8/h1-5,9H,(H,10,11)/p-1. The third kappa shape index (κ3) is 1.88. The molecular weight excluding hydrogens is 206 g/mol. The maximum Gasteiger partial charge on any atom is 0.0459 e. The van der Waals surface area contributed by atoms with Crippen LogP contribution in [-0.4, -0.2) is 8.76 Å². The second kappa shape index (κ2) is 3.45. The van der Waals surface area contributed by atoms with Crippen molar-refractivity contribution in [2.24, 2.45) is 0 Å². The first kappa shape index (κ1) is 8.68. The number of fused-ring (bicyclic) bond motifs is 1. The SMILES string of the molecule is O=S([O-])Nc1ccc2sccc2c1. The predicted octanol–water partition coefficient (Wildman–Crippen LogP) is 2.11. The lowest BCUT2D eigenvalue weighted by atomic mass is 10.2. The molecule has 0 radical (unpaired) electrons. The third-order valence-electron chi connectivity index (χ3n) is 1.65. The van der Waals surface area contributed by atoms with E-state index in [9.17, 15) is 8.76 Å². The molecule has 0 aliphatic carbocycles. The van der Waals surface area contributed by atoms with Gasteiger partial charge in [0.25, 0.3) is 0 Å². The van der Waals surface area contributed by atoms with E-state index in [1.165, 1.54) is 0 Å². The Hall–Kier alpha value is -0.910. The van der Waals surface area contributed by atoms with Crippen LogP contribution in [0.5, 0.6) is 0 Å². The molecule has 5 heteroatoms. The second-order valence-corrected chi connectivity index (χ2v) is 4.13. The highest BCUT2D eigenvalue weighted by Gasteiger charge is 1.96. The molecule has 1 heterocycles. The van der Waals surface area contributed by atoms with E-state index in [0.717, 1.165) is 10.1 Å². The summed E-state index contributed by atoms with van der Waals surface area (Å²) in [5.41, 5.74) is 0.597. The van der Waals surface area contributed by atoms with Crippen LogP contribution in [0, 0.1) is 0 Å². The van der Waals surface area contributed by atoms with Gasteiger partial charge in [0, 0.05) is 21.7 Å². The maximum absolute atomic E-state index is 10.3. The molecule has 1 atom stereocenters. The van der Waals surface area contributed by atoms with E-state index >= 15 is 0 Å². The number of benzene rings is 1. The Morgan fingerprint density at radius 1 is 1.38 bits per heavy atom. The van der Waals surface area contributed by atoms with Crippen LogP contribution in [0.25, 0.3) is 10.1 Å². The minimum absolute atomic E-state index is 0.597. The highest BCUT2D eigenvalue weighted by Crippen LogP contribution is 2.23. The fourth-order valence-corrected chi connectivity index (χ4v) is 2.22. The Morgan fingerprint density at radius 3 is 3.00 bits per heavy atom. The highest BCUT2D eigenvalue weighted by atomic mass is 32.2. The topological polar surface area (TPSA) is 52.2 Å². The van der Waals surface area contributed by atoms with Gasteiger partial charge in [0.2, 0.25) is 0 Å². The molecule has 0 aliphatic rings. The summed E-state index contributed by atoms with van der Waals surface area (Å²) in [5.74, 6) is 0. The maximum atomic E-state index is 10.3. The molecule has 0 saturated carbocycles. The van der Waals surface area contributed by atoms with Crippen LogP contribution in [0.3, 0.4) is 0 Å². The molecular formula is C8H6NO2S2-. The van der Waals surface area contributed by atoms with Gasteiger partial charge in [-0.15, -0.1) is 11.3 Å². The molecule has 3 nitrogen and oxygen atoms in total. The van der Waals surface area contributed by atoms with E-state index in [2.05, 4.69) is 4.72 Å². The summed E-state index contributed by atoms with van der Waals surface area (Å²) in [7, 11) is 0. The Morgan fingerprint density at radius 2 is 2.23 bits per heavy atom. The van der Waals surface area contributed by atoms with E-state index in [-0.39, 0.29) is 0 Å². The Kier molecular flexibility index (Phi) is 2.30. The van der Waals surface area contributed by atoms with Gasteiger partial charge in [-0.1, -0.05) is 0 Å². The number of thiophene rings is 1. The van der Waals surface area contributed by atoms with Crippen LogP contribution in [0.1, 0.15) is 0 Å². The van der Waals surface area contributed by atoms with Crippen molar-refractivity contribution in [1.82, 2.24) is 0 Å². The molecule has 0 saturated heterocycles. The predicted molar refractivity (Wildman–Crippen MR) is 54.4 cm³/mol. The van der Waals surface area contributed by atoms with E-state index in [1.54, 1.807) is 17.4 Å². The van der Waals surface area contributed by atoms with E-state index in [0.29, 0.717) is 5.69 Å². The summed E-state index contributed by atoms with van der Waals surface area (Å²) in [6.07, 6.45) is 0. The van der Waals surface area contributed by atoms with Gasteiger partial charge in [-0.25, -0.2) is 0 Å². The van der Waals surface area contributed by atoms with Crippen LogP contribution < -0.4 is 4.72 Å². The smallest absolute Gasteiger partial charge is 0.0459 e. The molecule has 13 heavy (non-hydrogen) atoms. The number of rotatable bonds is 2. The van der Waals surface area contributed by atoms with Crippen molar-refractivity contribution in [1.29, 1.82) is 0 Å². The minimum Gasteiger partial charge on any atom is -0.755 e. The molecule has 0 bridgehead atoms. The molecule has 2 aromatic rings. The lowest BCUT2D eigenvalue weighted by Crippen LogP contribution is -2.01. The highest BCUT2D eigenvalue weighted by molar-refractivity contribution is 7.80. The van der Waals surface area contributed by atoms with Crippen molar-refractivity contribution < 1.29 is 8.76 Å². The Bertz CT molecular complexity index is 452. The third-order valence-corrected chi connectivity index (χ3v) is 2.95. The minimum atomic E-state index is -2.24. The van der Waals surface area contributed by atoms with Crippen LogP contribution in [0.2, 0.25) is 0 Å². The van der Waals surface area contributed by atoms with Gasteiger partial charge in [0.15, 0.2) is 0 Å². The summed E-state index contributed by atoms with van der Waals surface area (Å²) >= 11 is -0.611. The molecule has 1 aromatic heterocycles. The van der Waals surface area contributed by atoms with Crippen LogP contribution in [0.15, 0.2) is 29.6 Å². The quantitative estimate of drug-likeness (QED) is 0.775. The Labute approximate surface area is 81.8 Å². The van der Waals surface area contributed by atoms with Crippen LogP contribution in [-0.2, 0) is 11.3 Å². The first-order valence-corrected chi connectivity index (χ1v) is 5.54. The van der Waals surface area contributed by atoms with Gasteiger partial charge in [-0.3, -0.25) is 4.21 Å². The van der Waals surface area contributed by atoms with Crippen molar-refractivity contribution in [3.63, 3.8) is 0 Å². The van der Waals surface area contributed by atoms with Crippen LogP contribution >= 0.6 is 11.3 Å². The summed E-state index contributed by atoms with van der Waals surface area (Å²) < 4.78 is 24.1. The number of hydrogen-bond acceptors (Lipinski definition) is 3. The molecule has 0 aliphatic heterocycles. The van der Waals surface area contributed by atoms with Gasteiger partial charge >= 0.3 is 0 Å². The van der Waals surface area contributed by atoms with Gasteiger partial charge in [-0.2, -0.15) is 0 Å². The molecule has 0 fully saturated rings. The van der Waals surface area contributed by atoms with Gasteiger partial charge in [0.1, 0.15) is 0 Å². The molecule has 1 N–H and O–H groups in total. The average Bonchev–Trinajstić information content (AvgIpc) is 2.49. The molecule has 2 rings (SSSR count). The van der Waals surface area contributed by atoms with E-state index in [4.69, 9.17) is 0 Å². The Balaban J connectivity index is 2.42. The van der Waals surface area contributed by atoms with Crippen molar-refractivity contribution in [3.05, 3.63) is 29.6 Å². The second-order valence-electron chi connectivity index (χ2n) is 2.51. The van der Waals surface area contributed by atoms with Crippen molar-refractivity contribution in [3.8, 4) is 0 Å².